The fourth-order valence-electron chi connectivity index (χ4n) is 3.30. The molecule has 110 valence electrons. The van der Waals surface area contributed by atoms with Crippen LogP contribution in [0.15, 0.2) is 24.3 Å². The van der Waals surface area contributed by atoms with E-state index in [9.17, 15) is 9.90 Å². The van der Waals surface area contributed by atoms with E-state index in [0.717, 1.165) is 29.2 Å². The molecule has 0 fully saturated rings. The molecule has 1 aliphatic carbocycles. The van der Waals surface area contributed by atoms with Gasteiger partial charge in [0.1, 0.15) is 0 Å². The number of hydrogen-bond donors (Lipinski definition) is 1. The van der Waals surface area contributed by atoms with Gasteiger partial charge < -0.3 is 0 Å². The number of carbonyl (C=O) groups is 1. The van der Waals surface area contributed by atoms with E-state index in [0.29, 0.717) is 6.42 Å². The molecule has 1 N–H and O–H groups in total. The number of aliphatic hydroxyl groups is 1. The molecule has 0 heterocycles. The third-order valence-corrected chi connectivity index (χ3v) is 7.71. The Kier molecular flexibility index (Phi) is 4.45. The predicted octanol–water partition coefficient (Wildman–Crippen LogP) is 4.22. The molecule has 3 heteroatoms. The Morgan fingerprint density at radius 3 is 2.50 bits per heavy atom. The molecular weight excluding hydrogens is 309 g/mol. The van der Waals surface area contributed by atoms with Crippen LogP contribution in [0.1, 0.15) is 42.1 Å². The number of rotatable bonds is 5. The molecule has 0 saturated heterocycles. The summed E-state index contributed by atoms with van der Waals surface area (Å²) in [5.41, 5.74) is 0.695. The van der Waals surface area contributed by atoms with Crippen molar-refractivity contribution in [3.05, 3.63) is 35.4 Å². The van der Waals surface area contributed by atoms with Gasteiger partial charge in [-0.25, -0.2) is 0 Å². The Hall–Kier alpha value is -0.607. The summed E-state index contributed by atoms with van der Waals surface area (Å²) in [6.07, 6.45) is 2.71. The molecule has 1 aromatic rings. The van der Waals surface area contributed by atoms with E-state index in [1.54, 1.807) is 0 Å². The maximum absolute atomic E-state index is 12.7. The van der Waals surface area contributed by atoms with E-state index in [2.05, 4.69) is 24.2 Å². The van der Waals surface area contributed by atoms with Crippen LogP contribution in [-0.2, 0) is 5.60 Å². The Morgan fingerprint density at radius 1 is 1.25 bits per heavy atom. The number of hydrogen-bond acceptors (Lipinski definition) is 2. The van der Waals surface area contributed by atoms with Crippen molar-refractivity contribution in [3.63, 3.8) is 0 Å². The number of Topliss-reactive ketones (excluding diaryl/α,β-unsaturated/α-hetero) is 1. The quantitative estimate of drug-likeness (QED) is 0.819. The zero-order chi connectivity index (χ0) is 15.0. The van der Waals surface area contributed by atoms with Gasteiger partial charge in [0.15, 0.2) is 0 Å². The minimum atomic E-state index is -1.92. The van der Waals surface area contributed by atoms with Crippen molar-refractivity contribution in [2.45, 2.75) is 54.3 Å². The molecule has 0 spiro atoms. The average Bonchev–Trinajstić information content (AvgIpc) is 2.59. The Bertz CT molecular complexity index is 504. The molecule has 0 aliphatic heterocycles. The van der Waals surface area contributed by atoms with Crippen LogP contribution in [0.25, 0.3) is 0 Å². The second-order valence-corrected chi connectivity index (χ2v) is 18.9. The van der Waals surface area contributed by atoms with E-state index in [1.165, 1.54) is 0 Å². The predicted molar refractivity (Wildman–Crippen MR) is 85.8 cm³/mol. The normalized spacial score (nSPS) is 25.9. The number of fused-ring (bicyclic) bond motifs is 1. The van der Waals surface area contributed by atoms with E-state index >= 15 is 0 Å². The summed E-state index contributed by atoms with van der Waals surface area (Å²) in [6, 6.07) is 7.66. The first-order valence-corrected chi connectivity index (χ1v) is 15.4. The van der Waals surface area contributed by atoms with Crippen LogP contribution in [0.5, 0.6) is 0 Å². The molecule has 2 nitrogen and oxygen atoms in total. The molecule has 1 aromatic carbocycles. The molecule has 0 amide bonds. The fourth-order valence-corrected chi connectivity index (χ4v) is 6.96. The molecule has 20 heavy (non-hydrogen) atoms. The van der Waals surface area contributed by atoms with Crippen molar-refractivity contribution in [2.75, 3.05) is 0 Å². The molecule has 0 radical (unpaired) electrons. The summed E-state index contributed by atoms with van der Waals surface area (Å²) >= 11 is -1.92. The van der Waals surface area contributed by atoms with Gasteiger partial charge in [0.05, 0.1) is 0 Å². The van der Waals surface area contributed by atoms with Crippen LogP contribution in [0.4, 0.5) is 0 Å². The number of ketones is 1. The average molecular weight is 335 g/mol. The van der Waals surface area contributed by atoms with Gasteiger partial charge in [-0.15, -0.1) is 0 Å². The van der Waals surface area contributed by atoms with Crippen molar-refractivity contribution < 1.29 is 9.90 Å². The number of carbonyl (C=O) groups excluding carboxylic acids is 1. The van der Waals surface area contributed by atoms with Gasteiger partial charge in [-0.05, 0) is 0 Å². The van der Waals surface area contributed by atoms with Gasteiger partial charge in [-0.1, -0.05) is 0 Å². The van der Waals surface area contributed by atoms with Crippen LogP contribution < -0.4 is 0 Å². The second-order valence-electron chi connectivity index (χ2n) is 7.26. The molecule has 0 aromatic heterocycles. The molecule has 2 atom stereocenters. The first-order chi connectivity index (χ1) is 9.29. The summed E-state index contributed by atoms with van der Waals surface area (Å²) in [7, 11) is 0. The molecular formula is C17H26GeO2. The number of unbranched alkanes of at least 4 members (excludes halogenated alkanes) is 1. The van der Waals surface area contributed by atoms with E-state index in [4.69, 9.17) is 0 Å². The number of benzene rings is 1. The van der Waals surface area contributed by atoms with E-state index in [1.807, 2.05) is 24.3 Å². The van der Waals surface area contributed by atoms with Gasteiger partial charge in [-0.3, -0.25) is 0 Å². The van der Waals surface area contributed by atoms with Crippen molar-refractivity contribution in [2.24, 2.45) is 5.92 Å². The standard InChI is InChI=1S/C17H26GeO2/c1-5-6-11-17(20)14-10-8-7-9-13(14)16(19)15(17)12-18(2,3)4/h7-10,15,20H,5-6,11-12H2,1-4H3. The van der Waals surface area contributed by atoms with Crippen molar-refractivity contribution >= 4 is 19.0 Å². The van der Waals surface area contributed by atoms with Gasteiger partial charge >= 0.3 is 125 Å². The molecule has 2 rings (SSSR count). The van der Waals surface area contributed by atoms with Crippen LogP contribution in [0, 0.1) is 5.92 Å². The van der Waals surface area contributed by atoms with Crippen molar-refractivity contribution in [1.29, 1.82) is 0 Å². The Labute approximate surface area is 124 Å². The Balaban J connectivity index is 2.43. The molecule has 1 aliphatic rings. The molecule has 0 saturated carbocycles. The third-order valence-electron chi connectivity index (χ3n) is 4.28. The molecule has 2 unspecified atom stereocenters. The second kappa shape index (κ2) is 5.65. The first kappa shape index (κ1) is 15.8. The fraction of sp³-hybridized carbons (Fsp3) is 0.588. The van der Waals surface area contributed by atoms with E-state index < -0.39 is 18.9 Å². The van der Waals surface area contributed by atoms with Gasteiger partial charge in [0, 0.05) is 0 Å². The van der Waals surface area contributed by atoms with Gasteiger partial charge in [0.2, 0.25) is 0 Å². The third kappa shape index (κ3) is 2.86. The summed E-state index contributed by atoms with van der Waals surface area (Å²) in [5, 5.41) is 12.2. The monoisotopic (exact) mass is 336 g/mol. The van der Waals surface area contributed by atoms with Crippen molar-refractivity contribution in [1.82, 2.24) is 0 Å². The van der Waals surface area contributed by atoms with Crippen molar-refractivity contribution in [3.8, 4) is 0 Å². The topological polar surface area (TPSA) is 37.3 Å². The summed E-state index contributed by atoms with van der Waals surface area (Å²) in [5.74, 6) is 6.90. The summed E-state index contributed by atoms with van der Waals surface area (Å²) < 4.78 is 0. The van der Waals surface area contributed by atoms with Crippen LogP contribution in [0.3, 0.4) is 0 Å². The summed E-state index contributed by atoms with van der Waals surface area (Å²) in [6.45, 7) is 2.13. The van der Waals surface area contributed by atoms with Crippen LogP contribution in [-0.4, -0.2) is 24.2 Å². The first-order valence-electron chi connectivity index (χ1n) is 7.65. The van der Waals surface area contributed by atoms with E-state index in [-0.39, 0.29) is 11.7 Å². The van der Waals surface area contributed by atoms with Gasteiger partial charge in [0.25, 0.3) is 0 Å². The minimum absolute atomic E-state index is 0.166. The zero-order valence-electron chi connectivity index (χ0n) is 13.1. The van der Waals surface area contributed by atoms with Crippen LogP contribution >= 0.6 is 0 Å². The van der Waals surface area contributed by atoms with Crippen LogP contribution in [0.2, 0.25) is 22.5 Å². The maximum atomic E-state index is 12.7. The zero-order valence-corrected chi connectivity index (χ0v) is 15.2. The van der Waals surface area contributed by atoms with Gasteiger partial charge in [-0.2, -0.15) is 0 Å². The SMILES string of the molecule is CCCCC1(O)c2ccccc2C(=O)C1[CH2][Ge]([CH3])([CH3])[CH3]. The summed E-state index contributed by atoms with van der Waals surface area (Å²) in [4.78, 5) is 12.7. The Morgan fingerprint density at radius 2 is 1.90 bits per heavy atom. The molecule has 0 bridgehead atoms.